The van der Waals surface area contributed by atoms with Crippen molar-refractivity contribution in [2.75, 3.05) is 20.6 Å². The summed E-state index contributed by atoms with van der Waals surface area (Å²) in [5, 5.41) is 0. The van der Waals surface area contributed by atoms with E-state index in [2.05, 4.69) is 46.9 Å². The Labute approximate surface area is 155 Å². The lowest BCUT2D eigenvalue weighted by Crippen LogP contribution is -2.25. The van der Waals surface area contributed by atoms with Crippen molar-refractivity contribution in [2.45, 2.75) is 32.6 Å². The molecule has 0 saturated heterocycles. The summed E-state index contributed by atoms with van der Waals surface area (Å²) in [7, 11) is 4.09. The molecule has 4 nitrogen and oxygen atoms in total. The Bertz CT molecular complexity index is 851. The van der Waals surface area contributed by atoms with Crippen molar-refractivity contribution < 1.29 is 4.79 Å². The molecule has 26 heavy (non-hydrogen) atoms. The van der Waals surface area contributed by atoms with Crippen molar-refractivity contribution in [1.82, 2.24) is 9.47 Å². The third-order valence-corrected chi connectivity index (χ3v) is 5.72. The number of ketones is 1. The van der Waals surface area contributed by atoms with Crippen LogP contribution in [-0.2, 0) is 11.2 Å². The first kappa shape index (κ1) is 17.2. The summed E-state index contributed by atoms with van der Waals surface area (Å²) in [4.78, 5) is 19.7. The van der Waals surface area contributed by atoms with Crippen LogP contribution < -0.4 is 0 Å². The van der Waals surface area contributed by atoms with Gasteiger partial charge >= 0.3 is 0 Å². The minimum absolute atomic E-state index is 0.0674. The average molecular weight is 349 g/mol. The van der Waals surface area contributed by atoms with Gasteiger partial charge in [0, 0.05) is 36.2 Å². The highest BCUT2D eigenvalue weighted by atomic mass is 16.1. The smallest absolute Gasteiger partial charge is 0.140 e. The van der Waals surface area contributed by atoms with Crippen LogP contribution in [0.15, 0.2) is 41.2 Å². The van der Waals surface area contributed by atoms with E-state index in [9.17, 15) is 4.79 Å². The summed E-state index contributed by atoms with van der Waals surface area (Å²) >= 11 is 0. The molecule has 2 aliphatic carbocycles. The van der Waals surface area contributed by atoms with Crippen LogP contribution in [0.4, 0.5) is 0 Å². The van der Waals surface area contributed by atoms with Crippen molar-refractivity contribution in [2.24, 2.45) is 16.8 Å². The highest BCUT2D eigenvalue weighted by molar-refractivity contribution is 6.12. The topological polar surface area (TPSA) is 37.6 Å². The van der Waals surface area contributed by atoms with Crippen LogP contribution in [0, 0.1) is 11.8 Å². The lowest BCUT2D eigenvalue weighted by atomic mass is 9.82. The minimum atomic E-state index is -0.0674. The Balaban J connectivity index is 1.61. The molecule has 1 aromatic rings. The van der Waals surface area contributed by atoms with Gasteiger partial charge in [0.15, 0.2) is 0 Å². The SMILES string of the molecule is CC1C2=C(C=CC1C(=O)CCCN(C)C)n1ccc3c1C(=CCC3)C=N2. The lowest BCUT2D eigenvalue weighted by molar-refractivity contribution is -0.122. The number of carbonyl (C=O) groups excluding carboxylic acids is 1. The fourth-order valence-electron chi connectivity index (χ4n) is 4.29. The van der Waals surface area contributed by atoms with Crippen molar-refractivity contribution in [3.63, 3.8) is 0 Å². The van der Waals surface area contributed by atoms with Crippen LogP contribution in [0.25, 0.3) is 11.3 Å². The van der Waals surface area contributed by atoms with Crippen LogP contribution in [-0.4, -0.2) is 42.1 Å². The van der Waals surface area contributed by atoms with E-state index >= 15 is 0 Å². The van der Waals surface area contributed by atoms with Gasteiger partial charge in [-0.25, -0.2) is 0 Å². The van der Waals surface area contributed by atoms with E-state index in [-0.39, 0.29) is 11.8 Å². The molecule has 0 N–H and O–H groups in total. The Morgan fingerprint density at radius 1 is 1.38 bits per heavy atom. The van der Waals surface area contributed by atoms with Gasteiger partial charge in [0.25, 0.3) is 0 Å². The number of hydrogen-bond acceptors (Lipinski definition) is 3. The van der Waals surface area contributed by atoms with Gasteiger partial charge in [-0.3, -0.25) is 9.79 Å². The molecule has 2 heterocycles. The van der Waals surface area contributed by atoms with Crippen LogP contribution >= 0.6 is 0 Å². The zero-order chi connectivity index (χ0) is 18.3. The van der Waals surface area contributed by atoms with E-state index in [0.29, 0.717) is 12.2 Å². The molecule has 136 valence electrons. The third-order valence-electron chi connectivity index (χ3n) is 5.72. The molecule has 0 amide bonds. The molecule has 0 aromatic carbocycles. The van der Waals surface area contributed by atoms with Gasteiger partial charge in [-0.05, 0) is 57.6 Å². The molecule has 1 aliphatic heterocycles. The summed E-state index contributed by atoms with van der Waals surface area (Å²) in [6.07, 6.45) is 14.4. The summed E-state index contributed by atoms with van der Waals surface area (Å²) in [6, 6.07) is 2.23. The number of aliphatic imine (C=N–C) groups is 1. The fraction of sp³-hybridized carbons (Fsp3) is 0.455. The van der Waals surface area contributed by atoms with Crippen molar-refractivity contribution in [3.05, 3.63) is 47.4 Å². The average Bonchev–Trinajstić information content (AvgIpc) is 2.96. The number of carbonyl (C=O) groups is 1. The number of aryl methyl sites for hydroxylation is 1. The van der Waals surface area contributed by atoms with Gasteiger partial charge in [-0.15, -0.1) is 0 Å². The zero-order valence-corrected chi connectivity index (χ0v) is 15.9. The summed E-state index contributed by atoms with van der Waals surface area (Å²) < 4.78 is 2.27. The van der Waals surface area contributed by atoms with Crippen molar-refractivity contribution >= 4 is 23.3 Å². The second-order valence-electron chi connectivity index (χ2n) is 7.83. The largest absolute Gasteiger partial charge is 0.314 e. The number of fused-ring (bicyclic) bond motifs is 1. The first-order chi connectivity index (χ1) is 12.6. The normalized spacial score (nSPS) is 23.6. The van der Waals surface area contributed by atoms with Crippen LogP contribution in [0.1, 0.15) is 37.4 Å². The number of allylic oxidation sites excluding steroid dienone is 6. The molecule has 0 fully saturated rings. The highest BCUT2D eigenvalue weighted by Gasteiger charge is 2.32. The van der Waals surface area contributed by atoms with Gasteiger partial charge in [0.1, 0.15) is 5.78 Å². The Morgan fingerprint density at radius 2 is 2.23 bits per heavy atom. The van der Waals surface area contributed by atoms with E-state index in [1.54, 1.807) is 0 Å². The van der Waals surface area contributed by atoms with Gasteiger partial charge in [0.2, 0.25) is 0 Å². The summed E-state index contributed by atoms with van der Waals surface area (Å²) in [6.45, 7) is 3.09. The van der Waals surface area contributed by atoms with Gasteiger partial charge in [-0.1, -0.05) is 19.1 Å². The molecule has 4 rings (SSSR count). The lowest BCUT2D eigenvalue weighted by Gasteiger charge is -2.26. The molecular weight excluding hydrogens is 322 g/mol. The number of aromatic nitrogens is 1. The maximum Gasteiger partial charge on any atom is 0.140 e. The van der Waals surface area contributed by atoms with E-state index in [4.69, 9.17) is 4.99 Å². The Morgan fingerprint density at radius 3 is 3.04 bits per heavy atom. The van der Waals surface area contributed by atoms with E-state index in [1.165, 1.54) is 16.8 Å². The molecule has 2 atom stereocenters. The Kier molecular flexibility index (Phi) is 4.53. The maximum atomic E-state index is 12.8. The zero-order valence-electron chi connectivity index (χ0n) is 15.9. The summed E-state index contributed by atoms with van der Waals surface area (Å²) in [5.74, 6) is 0.370. The molecule has 4 heteroatoms. The Hall–Kier alpha value is -2.20. The molecule has 3 aliphatic rings. The van der Waals surface area contributed by atoms with E-state index in [1.807, 2.05) is 20.3 Å². The fourth-order valence-corrected chi connectivity index (χ4v) is 4.29. The molecule has 0 bridgehead atoms. The highest BCUT2D eigenvalue weighted by Crippen LogP contribution is 2.39. The first-order valence-corrected chi connectivity index (χ1v) is 9.61. The quantitative estimate of drug-likeness (QED) is 0.811. The van der Waals surface area contributed by atoms with Gasteiger partial charge in [-0.2, -0.15) is 0 Å². The number of rotatable bonds is 5. The second-order valence-corrected chi connectivity index (χ2v) is 7.83. The number of Topliss-reactive ketones (excluding diaryl/α,β-unsaturated/α-hetero) is 1. The molecule has 1 aromatic heterocycles. The van der Waals surface area contributed by atoms with E-state index < -0.39 is 0 Å². The van der Waals surface area contributed by atoms with Gasteiger partial charge in [0.05, 0.1) is 17.1 Å². The van der Waals surface area contributed by atoms with Crippen molar-refractivity contribution in [1.29, 1.82) is 0 Å². The molecular formula is C22H27N3O. The number of nitrogens with zero attached hydrogens (tertiary/aromatic N) is 3. The second kappa shape index (κ2) is 6.84. The third kappa shape index (κ3) is 2.92. The number of hydrogen-bond donors (Lipinski definition) is 0. The van der Waals surface area contributed by atoms with Crippen LogP contribution in [0.3, 0.4) is 0 Å². The van der Waals surface area contributed by atoms with Crippen LogP contribution in [0.5, 0.6) is 0 Å². The standard InChI is InChI=1S/C22H27N3O/c1-15-18(20(26)8-5-12-24(2)3)9-10-19-21(15)23-14-17-7-4-6-16-11-13-25(19)22(16)17/h7,9-11,13-15,18H,4-6,8,12H2,1-3H3. The predicted molar refractivity (Wildman–Crippen MR) is 107 cm³/mol. The van der Waals surface area contributed by atoms with Crippen molar-refractivity contribution in [3.8, 4) is 0 Å². The van der Waals surface area contributed by atoms with Gasteiger partial charge < -0.3 is 9.47 Å². The monoisotopic (exact) mass is 349 g/mol. The van der Waals surface area contributed by atoms with E-state index in [0.717, 1.165) is 37.2 Å². The molecule has 2 unspecified atom stereocenters. The van der Waals surface area contributed by atoms with Crippen LogP contribution in [0.2, 0.25) is 0 Å². The predicted octanol–water partition coefficient (Wildman–Crippen LogP) is 3.80. The summed E-state index contributed by atoms with van der Waals surface area (Å²) in [5.41, 5.74) is 6.04. The molecule has 0 saturated carbocycles. The molecule has 0 spiro atoms. The first-order valence-electron chi connectivity index (χ1n) is 9.61. The minimum Gasteiger partial charge on any atom is -0.314 e. The molecule has 0 radical (unpaired) electrons. The maximum absolute atomic E-state index is 12.8.